The van der Waals surface area contributed by atoms with Gasteiger partial charge >= 0.3 is 0 Å². The molecule has 1 saturated carbocycles. The van der Waals surface area contributed by atoms with Crippen molar-refractivity contribution < 1.29 is 5.11 Å². The summed E-state index contributed by atoms with van der Waals surface area (Å²) in [6.45, 7) is -0.000719. The van der Waals surface area contributed by atoms with Gasteiger partial charge in [-0.3, -0.25) is 0 Å². The third-order valence-electron chi connectivity index (χ3n) is 3.02. The van der Waals surface area contributed by atoms with Crippen LogP contribution in [0.3, 0.4) is 0 Å². The Morgan fingerprint density at radius 3 is 2.87 bits per heavy atom. The summed E-state index contributed by atoms with van der Waals surface area (Å²) in [6.07, 6.45) is 4.67. The third-order valence-corrected chi connectivity index (χ3v) is 3.45. The molecule has 0 saturated heterocycles. The highest BCUT2D eigenvalue weighted by molar-refractivity contribution is 6.30. The Labute approximate surface area is 93.1 Å². The fourth-order valence-corrected chi connectivity index (χ4v) is 2.24. The van der Waals surface area contributed by atoms with Crippen LogP contribution in [0.25, 0.3) is 5.52 Å². The number of hydrogen-bond donors (Lipinski definition) is 1. The zero-order valence-corrected chi connectivity index (χ0v) is 9.04. The van der Waals surface area contributed by atoms with Crippen LogP contribution in [0.5, 0.6) is 0 Å². The Balaban J connectivity index is 2.19. The molecule has 0 aliphatic heterocycles. The van der Waals surface area contributed by atoms with Gasteiger partial charge in [0.25, 0.3) is 0 Å². The van der Waals surface area contributed by atoms with Gasteiger partial charge in [0.15, 0.2) is 0 Å². The molecule has 3 heteroatoms. The van der Waals surface area contributed by atoms with E-state index >= 15 is 0 Å². The van der Waals surface area contributed by atoms with Crippen molar-refractivity contribution in [3.8, 4) is 0 Å². The van der Waals surface area contributed by atoms with E-state index in [-0.39, 0.29) is 6.61 Å². The second kappa shape index (κ2) is 3.26. The van der Waals surface area contributed by atoms with Crippen LogP contribution in [0.4, 0.5) is 0 Å². The Morgan fingerprint density at radius 2 is 2.20 bits per heavy atom. The van der Waals surface area contributed by atoms with Crippen LogP contribution in [-0.2, 0) is 6.61 Å². The number of pyridine rings is 1. The number of fused-ring (bicyclic) bond motifs is 1. The highest BCUT2D eigenvalue weighted by atomic mass is 35.5. The molecule has 1 fully saturated rings. The van der Waals surface area contributed by atoms with Gasteiger partial charge in [0, 0.05) is 17.3 Å². The van der Waals surface area contributed by atoms with Crippen LogP contribution in [0.1, 0.15) is 29.9 Å². The molecule has 1 aliphatic rings. The average Bonchev–Trinajstić information content (AvgIpc) is 3.05. The second-order valence-corrected chi connectivity index (χ2v) is 4.51. The van der Waals surface area contributed by atoms with E-state index in [2.05, 4.69) is 18.3 Å². The van der Waals surface area contributed by atoms with Crippen LogP contribution >= 0.6 is 11.6 Å². The van der Waals surface area contributed by atoms with Crippen molar-refractivity contribution in [2.45, 2.75) is 25.4 Å². The van der Waals surface area contributed by atoms with Gasteiger partial charge in [0.2, 0.25) is 0 Å². The van der Waals surface area contributed by atoms with Crippen molar-refractivity contribution in [3.63, 3.8) is 0 Å². The molecule has 0 aromatic carbocycles. The van der Waals surface area contributed by atoms with Gasteiger partial charge in [-0.15, -0.1) is 0 Å². The molecule has 0 amide bonds. The lowest BCUT2D eigenvalue weighted by Gasteiger charge is -2.01. The summed E-state index contributed by atoms with van der Waals surface area (Å²) in [7, 11) is 0. The smallest absolute Gasteiger partial charge is 0.119 e. The quantitative estimate of drug-likeness (QED) is 0.829. The molecule has 0 atom stereocenters. The van der Waals surface area contributed by atoms with Gasteiger partial charge < -0.3 is 9.51 Å². The molecule has 0 spiro atoms. The maximum absolute atomic E-state index is 9.11. The molecule has 2 aromatic heterocycles. The Bertz CT molecular complexity index is 514. The predicted octanol–water partition coefficient (Wildman–Crippen LogP) is 2.96. The number of nitrogens with zero attached hydrogens (tertiary/aromatic N) is 1. The number of hydrogen-bond acceptors (Lipinski definition) is 1. The van der Waals surface area contributed by atoms with Crippen molar-refractivity contribution >= 4 is 17.1 Å². The zero-order chi connectivity index (χ0) is 10.4. The summed E-state index contributed by atoms with van der Waals surface area (Å²) < 4.78 is 1.96. The van der Waals surface area contributed by atoms with Gasteiger partial charge in [0.05, 0.1) is 6.61 Å². The lowest BCUT2D eigenvalue weighted by molar-refractivity contribution is 0.282. The summed E-state index contributed by atoms with van der Waals surface area (Å²) in [4.78, 5) is 0. The summed E-state index contributed by atoms with van der Waals surface area (Å²) in [5, 5.41) is 9.75. The summed E-state index contributed by atoms with van der Waals surface area (Å²) in [5.41, 5.74) is 3.20. The lowest BCUT2D eigenvalue weighted by Crippen LogP contribution is -1.88. The Hall–Kier alpha value is -0.990. The lowest BCUT2D eigenvalue weighted by atomic mass is 10.2. The molecular weight excluding hydrogens is 210 g/mol. The number of rotatable bonds is 2. The maximum atomic E-state index is 9.11. The van der Waals surface area contributed by atoms with E-state index in [1.165, 1.54) is 18.4 Å². The molecule has 0 bridgehead atoms. The average molecular weight is 222 g/mol. The number of aliphatic hydroxyl groups is 1. The first kappa shape index (κ1) is 9.25. The summed E-state index contributed by atoms with van der Waals surface area (Å²) >= 11 is 6.16. The van der Waals surface area contributed by atoms with Crippen molar-refractivity contribution in [1.29, 1.82) is 0 Å². The molecule has 2 heterocycles. The van der Waals surface area contributed by atoms with Gasteiger partial charge in [0.1, 0.15) is 5.15 Å². The highest BCUT2D eigenvalue weighted by Gasteiger charge is 2.24. The standard InChI is InChI=1S/C12H12ClNO/c13-12-10(7-15)5-11-4-3-9(6-14(11)12)8-1-2-8/h3-6,8,15H,1-2,7H2. The molecule has 3 rings (SSSR count). The van der Waals surface area contributed by atoms with Gasteiger partial charge in [-0.1, -0.05) is 17.7 Å². The van der Waals surface area contributed by atoms with Crippen LogP contribution in [0.15, 0.2) is 24.4 Å². The molecule has 78 valence electrons. The van der Waals surface area contributed by atoms with E-state index in [1.54, 1.807) is 0 Å². The number of aliphatic hydroxyl groups excluding tert-OH is 1. The molecule has 1 N–H and O–H groups in total. The van der Waals surface area contributed by atoms with E-state index in [1.807, 2.05) is 10.5 Å². The molecular formula is C12H12ClNO. The van der Waals surface area contributed by atoms with E-state index < -0.39 is 0 Å². The van der Waals surface area contributed by atoms with E-state index in [4.69, 9.17) is 16.7 Å². The second-order valence-electron chi connectivity index (χ2n) is 4.15. The van der Waals surface area contributed by atoms with E-state index in [9.17, 15) is 0 Å². The van der Waals surface area contributed by atoms with Gasteiger partial charge in [-0.2, -0.15) is 0 Å². The normalized spacial score (nSPS) is 16.1. The first-order chi connectivity index (χ1) is 7.29. The molecule has 2 aromatic rings. The monoisotopic (exact) mass is 221 g/mol. The highest BCUT2D eigenvalue weighted by Crippen LogP contribution is 2.40. The third kappa shape index (κ3) is 1.45. The van der Waals surface area contributed by atoms with E-state index in [0.717, 1.165) is 17.0 Å². The molecule has 1 aliphatic carbocycles. The SMILES string of the molecule is OCc1cc2ccc(C3CC3)cn2c1Cl. The zero-order valence-electron chi connectivity index (χ0n) is 8.28. The minimum atomic E-state index is -0.000719. The first-order valence-electron chi connectivity index (χ1n) is 5.20. The van der Waals surface area contributed by atoms with Crippen molar-refractivity contribution in [3.05, 3.63) is 40.7 Å². The summed E-state index contributed by atoms with van der Waals surface area (Å²) in [5.74, 6) is 0.727. The molecule has 0 radical (unpaired) electrons. The van der Waals surface area contributed by atoms with Crippen molar-refractivity contribution in [2.24, 2.45) is 0 Å². The minimum absolute atomic E-state index is 0.000719. The number of halogens is 1. The van der Waals surface area contributed by atoms with Gasteiger partial charge in [-0.25, -0.2) is 0 Å². The fraction of sp³-hybridized carbons (Fsp3) is 0.333. The topological polar surface area (TPSA) is 24.6 Å². The first-order valence-corrected chi connectivity index (χ1v) is 5.57. The molecule has 0 unspecified atom stereocenters. The predicted molar refractivity (Wildman–Crippen MR) is 60.3 cm³/mol. The van der Waals surface area contributed by atoms with E-state index in [0.29, 0.717) is 5.15 Å². The minimum Gasteiger partial charge on any atom is -0.392 e. The molecule has 15 heavy (non-hydrogen) atoms. The Kier molecular flexibility index (Phi) is 2.01. The number of aromatic nitrogens is 1. The van der Waals surface area contributed by atoms with Crippen LogP contribution in [0.2, 0.25) is 5.15 Å². The largest absolute Gasteiger partial charge is 0.392 e. The van der Waals surface area contributed by atoms with Crippen LogP contribution < -0.4 is 0 Å². The fourth-order valence-electron chi connectivity index (χ4n) is 1.98. The maximum Gasteiger partial charge on any atom is 0.119 e. The van der Waals surface area contributed by atoms with Crippen LogP contribution in [-0.4, -0.2) is 9.51 Å². The molecule has 2 nitrogen and oxygen atoms in total. The van der Waals surface area contributed by atoms with Crippen molar-refractivity contribution in [2.75, 3.05) is 0 Å². The Morgan fingerprint density at radius 1 is 1.40 bits per heavy atom. The van der Waals surface area contributed by atoms with Crippen LogP contribution in [0, 0.1) is 0 Å². The van der Waals surface area contributed by atoms with Gasteiger partial charge in [-0.05, 0) is 36.5 Å². The summed E-state index contributed by atoms with van der Waals surface area (Å²) in [6, 6.07) is 6.15. The van der Waals surface area contributed by atoms with Crippen molar-refractivity contribution in [1.82, 2.24) is 4.40 Å².